The second-order valence-electron chi connectivity index (χ2n) is 7.79. The van der Waals surface area contributed by atoms with Crippen molar-refractivity contribution in [1.29, 1.82) is 0 Å². The van der Waals surface area contributed by atoms with Crippen LogP contribution in [0.15, 0.2) is 30.3 Å². The van der Waals surface area contributed by atoms with Crippen LogP contribution in [0.5, 0.6) is 5.75 Å². The molecule has 0 saturated carbocycles. The Kier molecular flexibility index (Phi) is 5.36. The van der Waals surface area contributed by atoms with E-state index in [1.54, 1.807) is 16.7 Å². The van der Waals surface area contributed by atoms with Crippen molar-refractivity contribution >= 4 is 26.3 Å². The molecule has 0 radical (unpaired) electrons. The van der Waals surface area contributed by atoms with Crippen LogP contribution >= 0.6 is 0 Å². The standard InChI is InChI=1S/C18H26N2O4Si/c1-18(2,3)25(4,5)20-14(11-21)16(17(20)23)19-15(22)12-24-13-9-7-6-8-10-13/h6-11,14,16H,12H2,1-5H3,(H,19,22)/t14-,16+/m1/s1. The molecule has 1 fully saturated rings. The summed E-state index contributed by atoms with van der Waals surface area (Å²) in [4.78, 5) is 36.2. The lowest BCUT2D eigenvalue weighted by atomic mass is 10.0. The minimum Gasteiger partial charge on any atom is -0.484 e. The molecule has 0 bridgehead atoms. The normalized spacial score (nSPS) is 20.7. The third-order valence-corrected chi connectivity index (χ3v) is 10.5. The van der Waals surface area contributed by atoms with E-state index in [2.05, 4.69) is 39.2 Å². The number of aldehydes is 1. The first-order valence-corrected chi connectivity index (χ1v) is 11.3. The lowest BCUT2D eigenvalue weighted by molar-refractivity contribution is -0.149. The molecule has 1 N–H and O–H groups in total. The number of nitrogens with zero attached hydrogens (tertiary/aromatic N) is 1. The van der Waals surface area contributed by atoms with Gasteiger partial charge in [-0.2, -0.15) is 0 Å². The Morgan fingerprint density at radius 1 is 1.28 bits per heavy atom. The highest BCUT2D eigenvalue weighted by atomic mass is 28.3. The maximum atomic E-state index is 12.6. The second-order valence-corrected chi connectivity index (χ2v) is 12.9. The topological polar surface area (TPSA) is 75.7 Å². The average Bonchev–Trinajstić information content (AvgIpc) is 2.54. The Bertz CT molecular complexity index is 655. The number of amides is 2. The molecule has 6 nitrogen and oxygen atoms in total. The Labute approximate surface area is 149 Å². The van der Waals surface area contributed by atoms with Gasteiger partial charge in [0.05, 0.1) is 0 Å². The van der Waals surface area contributed by atoms with E-state index in [4.69, 9.17) is 4.74 Å². The molecule has 1 aliphatic heterocycles. The van der Waals surface area contributed by atoms with Gasteiger partial charge < -0.3 is 19.4 Å². The summed E-state index contributed by atoms with van der Waals surface area (Å²) in [6, 6.07) is 7.56. The Morgan fingerprint density at radius 2 is 1.88 bits per heavy atom. The van der Waals surface area contributed by atoms with Gasteiger partial charge in [-0.1, -0.05) is 52.1 Å². The fourth-order valence-corrected chi connectivity index (χ4v) is 5.05. The monoisotopic (exact) mass is 362 g/mol. The Morgan fingerprint density at radius 3 is 2.40 bits per heavy atom. The third-order valence-electron chi connectivity index (χ3n) is 5.15. The molecule has 0 aliphatic carbocycles. The maximum Gasteiger partial charge on any atom is 0.258 e. The van der Waals surface area contributed by atoms with E-state index in [-0.39, 0.29) is 17.6 Å². The first kappa shape index (κ1) is 19.2. The van der Waals surface area contributed by atoms with E-state index in [0.717, 1.165) is 6.29 Å². The number of rotatable bonds is 6. The van der Waals surface area contributed by atoms with Crippen molar-refractivity contribution in [3.8, 4) is 5.75 Å². The van der Waals surface area contributed by atoms with Crippen molar-refractivity contribution in [2.75, 3.05) is 6.61 Å². The summed E-state index contributed by atoms with van der Waals surface area (Å²) in [6.07, 6.45) is 0.755. The SMILES string of the molecule is CC(C)(C)[Si](C)(C)N1C(=O)[C@@H](NC(=O)COc2ccccc2)[C@H]1C=O. The van der Waals surface area contributed by atoms with Gasteiger partial charge in [0.25, 0.3) is 5.91 Å². The molecule has 1 aromatic carbocycles. The predicted molar refractivity (Wildman–Crippen MR) is 97.8 cm³/mol. The lowest BCUT2D eigenvalue weighted by Gasteiger charge is -2.56. The molecule has 1 aliphatic rings. The van der Waals surface area contributed by atoms with Gasteiger partial charge in [0, 0.05) is 0 Å². The number of hydrogen-bond acceptors (Lipinski definition) is 4. The summed E-state index contributed by atoms with van der Waals surface area (Å²) in [5.74, 6) is -0.0203. The number of carbonyl (C=O) groups excluding carboxylic acids is 3. The van der Waals surface area contributed by atoms with Gasteiger partial charge in [0.1, 0.15) is 24.1 Å². The van der Waals surface area contributed by atoms with Gasteiger partial charge >= 0.3 is 0 Å². The van der Waals surface area contributed by atoms with Gasteiger partial charge in [0.15, 0.2) is 14.8 Å². The fraction of sp³-hybridized carbons (Fsp3) is 0.500. The van der Waals surface area contributed by atoms with Gasteiger partial charge in [0.2, 0.25) is 5.91 Å². The number of carbonyl (C=O) groups is 3. The molecule has 136 valence electrons. The highest BCUT2D eigenvalue weighted by molar-refractivity contribution is 6.80. The van der Waals surface area contributed by atoms with Gasteiger partial charge in [-0.25, -0.2) is 0 Å². The van der Waals surface area contributed by atoms with Crippen LogP contribution in [0.25, 0.3) is 0 Å². The average molecular weight is 363 g/mol. The summed E-state index contributed by atoms with van der Waals surface area (Å²) in [5, 5.41) is 2.55. The third kappa shape index (κ3) is 3.76. The zero-order valence-corrected chi connectivity index (χ0v) is 16.4. The molecule has 1 aromatic rings. The molecule has 0 unspecified atom stereocenters. The molecule has 0 spiro atoms. The summed E-state index contributed by atoms with van der Waals surface area (Å²) in [7, 11) is -2.16. The van der Waals surface area contributed by atoms with Crippen LogP contribution in [-0.2, 0) is 14.4 Å². The number of hydrogen-bond donors (Lipinski definition) is 1. The summed E-state index contributed by atoms with van der Waals surface area (Å²) in [6.45, 7) is 10.2. The lowest BCUT2D eigenvalue weighted by Crippen LogP contribution is -2.79. The van der Waals surface area contributed by atoms with Crippen LogP contribution in [0.2, 0.25) is 18.1 Å². The van der Waals surface area contributed by atoms with E-state index in [1.807, 2.05) is 18.2 Å². The number of benzene rings is 1. The number of ether oxygens (including phenoxy) is 1. The second kappa shape index (κ2) is 6.99. The molecule has 25 heavy (non-hydrogen) atoms. The number of nitrogens with one attached hydrogen (secondary N) is 1. The maximum absolute atomic E-state index is 12.6. The quantitative estimate of drug-likeness (QED) is 0.477. The van der Waals surface area contributed by atoms with Crippen molar-refractivity contribution in [3.63, 3.8) is 0 Å². The molecular weight excluding hydrogens is 336 g/mol. The highest BCUT2D eigenvalue weighted by Crippen LogP contribution is 2.42. The first-order valence-electron chi connectivity index (χ1n) is 8.35. The summed E-state index contributed by atoms with van der Waals surface area (Å²) >= 11 is 0. The minimum atomic E-state index is -2.16. The van der Waals surface area contributed by atoms with Gasteiger partial charge in [-0.15, -0.1) is 0 Å². The van der Waals surface area contributed by atoms with E-state index >= 15 is 0 Å². The smallest absolute Gasteiger partial charge is 0.258 e. The van der Waals surface area contributed by atoms with E-state index < -0.39 is 26.2 Å². The van der Waals surface area contributed by atoms with Gasteiger partial charge in [-0.05, 0) is 17.2 Å². The van der Waals surface area contributed by atoms with E-state index in [1.165, 1.54) is 0 Å². The van der Waals surface area contributed by atoms with Crippen LogP contribution in [0.1, 0.15) is 20.8 Å². The molecule has 1 saturated heterocycles. The van der Waals surface area contributed by atoms with Crippen LogP contribution in [-0.4, -0.2) is 49.6 Å². The van der Waals surface area contributed by atoms with Crippen LogP contribution < -0.4 is 10.1 Å². The molecule has 2 rings (SSSR count). The van der Waals surface area contributed by atoms with Crippen molar-refractivity contribution in [2.45, 2.75) is 51.0 Å². The van der Waals surface area contributed by atoms with Crippen LogP contribution in [0.3, 0.4) is 0 Å². The molecule has 1 heterocycles. The van der Waals surface area contributed by atoms with Crippen molar-refractivity contribution in [3.05, 3.63) is 30.3 Å². The Hall–Kier alpha value is -2.15. The summed E-state index contributed by atoms with van der Waals surface area (Å²) < 4.78 is 7.07. The van der Waals surface area contributed by atoms with Crippen molar-refractivity contribution in [1.82, 2.24) is 9.88 Å². The van der Waals surface area contributed by atoms with E-state index in [0.29, 0.717) is 5.75 Å². The van der Waals surface area contributed by atoms with Crippen LogP contribution in [0.4, 0.5) is 0 Å². The largest absolute Gasteiger partial charge is 0.484 e. The predicted octanol–water partition coefficient (Wildman–Crippen LogP) is 1.97. The van der Waals surface area contributed by atoms with Crippen molar-refractivity contribution < 1.29 is 19.1 Å². The molecule has 2 amide bonds. The highest BCUT2D eigenvalue weighted by Gasteiger charge is 2.57. The molecule has 7 heteroatoms. The van der Waals surface area contributed by atoms with Crippen LogP contribution in [0, 0.1) is 0 Å². The summed E-state index contributed by atoms with van der Waals surface area (Å²) in [5.41, 5.74) is 0. The molecule has 0 aromatic heterocycles. The number of para-hydroxylation sites is 1. The van der Waals surface area contributed by atoms with Crippen molar-refractivity contribution in [2.24, 2.45) is 0 Å². The van der Waals surface area contributed by atoms with Gasteiger partial charge in [-0.3, -0.25) is 9.59 Å². The first-order chi connectivity index (χ1) is 11.6. The van der Waals surface area contributed by atoms with E-state index in [9.17, 15) is 14.4 Å². The number of β-lactam (4-membered cyclic amide) rings is 1. The molecule has 2 atom stereocenters. The zero-order valence-electron chi connectivity index (χ0n) is 15.4. The Balaban J connectivity index is 1.98. The molecular formula is C18H26N2O4Si. The fourth-order valence-electron chi connectivity index (χ4n) is 2.69. The minimum absolute atomic E-state index is 0.0741. The zero-order chi connectivity index (χ0) is 18.8.